The molecular weight excluding hydrogens is 180 g/mol. The van der Waals surface area contributed by atoms with E-state index in [0.29, 0.717) is 17.5 Å². The third-order valence-electron chi connectivity index (χ3n) is 2.04. The number of hydrogen-bond donors (Lipinski definition) is 0. The van der Waals surface area contributed by atoms with Crippen LogP contribution in [0.25, 0.3) is 0 Å². The zero-order valence-corrected chi connectivity index (χ0v) is 7.86. The number of rotatable bonds is 3. The Bertz CT molecular complexity index is 394. The van der Waals surface area contributed by atoms with Crippen LogP contribution in [0.4, 0.5) is 5.69 Å². The van der Waals surface area contributed by atoms with Gasteiger partial charge in [0.25, 0.3) is 5.69 Å². The van der Waals surface area contributed by atoms with Crippen LogP contribution < -0.4 is 0 Å². The lowest BCUT2D eigenvalue weighted by Crippen LogP contribution is -1.99. The molecule has 0 spiro atoms. The molecule has 0 aliphatic rings. The topological polar surface area (TPSA) is 66.9 Å². The Morgan fingerprint density at radius 1 is 1.50 bits per heavy atom. The van der Waals surface area contributed by atoms with E-state index in [0.717, 1.165) is 0 Å². The summed E-state index contributed by atoms with van der Waals surface area (Å²) in [5, 5.41) is 19.3. The first-order valence-electron chi connectivity index (χ1n) is 4.32. The molecule has 1 aromatic carbocycles. The van der Waals surface area contributed by atoms with Crippen molar-refractivity contribution in [2.75, 3.05) is 0 Å². The predicted octanol–water partition coefficient (Wildman–Crippen LogP) is 2.22. The SMILES string of the molecule is CCc1cccc(CC#N)c1[N+](=O)[O-]. The van der Waals surface area contributed by atoms with Gasteiger partial charge in [-0.1, -0.05) is 25.1 Å². The minimum Gasteiger partial charge on any atom is -0.258 e. The summed E-state index contributed by atoms with van der Waals surface area (Å²) in [5.74, 6) is 0. The van der Waals surface area contributed by atoms with Crippen molar-refractivity contribution < 1.29 is 4.92 Å². The van der Waals surface area contributed by atoms with Crippen LogP contribution in [-0.4, -0.2) is 4.92 Å². The summed E-state index contributed by atoms with van der Waals surface area (Å²) in [7, 11) is 0. The van der Waals surface area contributed by atoms with Gasteiger partial charge in [-0.25, -0.2) is 0 Å². The van der Waals surface area contributed by atoms with Crippen LogP contribution in [0, 0.1) is 21.4 Å². The largest absolute Gasteiger partial charge is 0.276 e. The van der Waals surface area contributed by atoms with Crippen molar-refractivity contribution in [1.82, 2.24) is 0 Å². The number of nitro benzene ring substituents is 1. The van der Waals surface area contributed by atoms with Crippen molar-refractivity contribution in [3.05, 3.63) is 39.4 Å². The van der Waals surface area contributed by atoms with E-state index >= 15 is 0 Å². The van der Waals surface area contributed by atoms with Gasteiger partial charge in [-0.3, -0.25) is 10.1 Å². The van der Waals surface area contributed by atoms with Crippen LogP contribution in [0.5, 0.6) is 0 Å². The predicted molar refractivity (Wildman–Crippen MR) is 51.8 cm³/mol. The van der Waals surface area contributed by atoms with Crippen molar-refractivity contribution in [3.8, 4) is 6.07 Å². The third kappa shape index (κ3) is 1.88. The van der Waals surface area contributed by atoms with Gasteiger partial charge in [0.05, 0.1) is 17.4 Å². The van der Waals surface area contributed by atoms with Gasteiger partial charge < -0.3 is 0 Å². The minimum absolute atomic E-state index is 0.0875. The Kier molecular flexibility index (Phi) is 3.19. The number of nitro groups is 1. The fourth-order valence-corrected chi connectivity index (χ4v) is 1.39. The molecule has 0 saturated heterocycles. The molecule has 0 N–H and O–H groups in total. The summed E-state index contributed by atoms with van der Waals surface area (Å²) in [4.78, 5) is 10.4. The second kappa shape index (κ2) is 4.38. The van der Waals surface area contributed by atoms with Crippen LogP contribution >= 0.6 is 0 Å². The summed E-state index contributed by atoms with van der Waals surface area (Å²) in [6, 6.07) is 7.02. The highest BCUT2D eigenvalue weighted by molar-refractivity contribution is 5.48. The Balaban J connectivity index is 3.29. The molecule has 0 unspecified atom stereocenters. The summed E-state index contributed by atoms with van der Waals surface area (Å²) >= 11 is 0. The molecule has 0 bridgehead atoms. The van der Waals surface area contributed by atoms with Crippen molar-refractivity contribution in [3.63, 3.8) is 0 Å². The molecule has 0 aliphatic heterocycles. The van der Waals surface area contributed by atoms with E-state index in [1.165, 1.54) is 0 Å². The molecule has 0 amide bonds. The van der Waals surface area contributed by atoms with E-state index in [2.05, 4.69) is 0 Å². The smallest absolute Gasteiger partial charge is 0.258 e. The number of nitriles is 1. The molecule has 0 heterocycles. The summed E-state index contributed by atoms with van der Waals surface area (Å²) in [6.07, 6.45) is 0.694. The Morgan fingerprint density at radius 3 is 2.64 bits per heavy atom. The number of para-hydroxylation sites is 1. The molecule has 0 fully saturated rings. The fraction of sp³-hybridized carbons (Fsp3) is 0.300. The maximum atomic E-state index is 10.8. The van der Waals surface area contributed by atoms with Gasteiger partial charge in [0, 0.05) is 11.1 Å². The van der Waals surface area contributed by atoms with Gasteiger partial charge in [0.2, 0.25) is 0 Å². The van der Waals surface area contributed by atoms with Gasteiger partial charge in [-0.15, -0.1) is 0 Å². The molecule has 1 rings (SSSR count). The highest BCUT2D eigenvalue weighted by atomic mass is 16.6. The summed E-state index contributed by atoms with van der Waals surface area (Å²) in [6.45, 7) is 1.86. The number of aryl methyl sites for hydroxylation is 1. The molecule has 4 nitrogen and oxygen atoms in total. The number of hydrogen-bond acceptors (Lipinski definition) is 3. The van der Waals surface area contributed by atoms with Crippen molar-refractivity contribution >= 4 is 5.69 Å². The highest BCUT2D eigenvalue weighted by Crippen LogP contribution is 2.24. The second-order valence-electron chi connectivity index (χ2n) is 2.87. The van der Waals surface area contributed by atoms with Crippen molar-refractivity contribution in [2.45, 2.75) is 19.8 Å². The lowest BCUT2D eigenvalue weighted by atomic mass is 10.0. The van der Waals surface area contributed by atoms with Crippen molar-refractivity contribution in [1.29, 1.82) is 5.26 Å². The van der Waals surface area contributed by atoms with Gasteiger partial charge >= 0.3 is 0 Å². The van der Waals surface area contributed by atoms with Gasteiger partial charge in [0.15, 0.2) is 0 Å². The standard InChI is InChI=1S/C10H10N2O2/c1-2-8-4-3-5-9(6-7-11)10(8)12(13)14/h3-5H,2,6H2,1H3. The monoisotopic (exact) mass is 190 g/mol. The maximum Gasteiger partial charge on any atom is 0.276 e. The molecule has 14 heavy (non-hydrogen) atoms. The molecule has 0 aliphatic carbocycles. The molecule has 1 aromatic rings. The zero-order chi connectivity index (χ0) is 10.6. The van der Waals surface area contributed by atoms with E-state index < -0.39 is 4.92 Å². The normalized spacial score (nSPS) is 9.43. The highest BCUT2D eigenvalue weighted by Gasteiger charge is 2.17. The van der Waals surface area contributed by atoms with E-state index in [4.69, 9.17) is 5.26 Å². The van der Waals surface area contributed by atoms with E-state index in [1.807, 2.05) is 13.0 Å². The van der Waals surface area contributed by atoms with Crippen molar-refractivity contribution in [2.24, 2.45) is 0 Å². The van der Waals surface area contributed by atoms with Gasteiger partial charge in [0.1, 0.15) is 0 Å². The molecule has 0 radical (unpaired) electrons. The molecule has 72 valence electrons. The summed E-state index contributed by atoms with van der Waals surface area (Å²) in [5.41, 5.74) is 1.27. The number of nitrogens with zero attached hydrogens (tertiary/aromatic N) is 2. The van der Waals surface area contributed by atoms with Crippen LogP contribution in [0.15, 0.2) is 18.2 Å². The van der Waals surface area contributed by atoms with Gasteiger partial charge in [-0.05, 0) is 6.42 Å². The quantitative estimate of drug-likeness (QED) is 0.542. The average molecular weight is 190 g/mol. The van der Waals surface area contributed by atoms with E-state index in [9.17, 15) is 10.1 Å². The van der Waals surface area contributed by atoms with Crippen LogP contribution in [-0.2, 0) is 12.8 Å². The minimum atomic E-state index is -0.411. The lowest BCUT2D eigenvalue weighted by Gasteiger charge is -2.02. The molecular formula is C10H10N2O2. The first kappa shape index (κ1) is 10.2. The molecule has 0 aromatic heterocycles. The van der Waals surface area contributed by atoms with E-state index in [-0.39, 0.29) is 12.1 Å². The third-order valence-corrected chi connectivity index (χ3v) is 2.04. The Hall–Kier alpha value is -1.89. The Labute approximate surface area is 81.9 Å². The second-order valence-corrected chi connectivity index (χ2v) is 2.87. The number of benzene rings is 1. The molecule has 0 saturated carbocycles. The average Bonchev–Trinajstić information content (AvgIpc) is 2.17. The van der Waals surface area contributed by atoms with E-state index in [1.54, 1.807) is 18.2 Å². The molecule has 4 heteroatoms. The van der Waals surface area contributed by atoms with Gasteiger partial charge in [-0.2, -0.15) is 5.26 Å². The zero-order valence-electron chi connectivity index (χ0n) is 7.86. The van der Waals surface area contributed by atoms with Crippen LogP contribution in [0.3, 0.4) is 0 Å². The fourth-order valence-electron chi connectivity index (χ4n) is 1.39. The lowest BCUT2D eigenvalue weighted by molar-refractivity contribution is -0.386. The first-order valence-corrected chi connectivity index (χ1v) is 4.32. The Morgan fingerprint density at radius 2 is 2.14 bits per heavy atom. The summed E-state index contributed by atoms with van der Waals surface area (Å²) < 4.78 is 0. The maximum absolute atomic E-state index is 10.8. The molecule has 0 atom stereocenters. The van der Waals surface area contributed by atoms with Crippen LogP contribution in [0.2, 0.25) is 0 Å². The van der Waals surface area contributed by atoms with Crippen LogP contribution in [0.1, 0.15) is 18.1 Å². The first-order chi connectivity index (χ1) is 6.70.